The molecule has 0 radical (unpaired) electrons. The Morgan fingerprint density at radius 3 is 3.03 bits per heavy atom. The summed E-state index contributed by atoms with van der Waals surface area (Å²) >= 11 is 1.47. The van der Waals surface area contributed by atoms with Crippen molar-refractivity contribution in [3.05, 3.63) is 53.9 Å². The minimum atomic E-state index is -0.285. The molecule has 3 heterocycles. The van der Waals surface area contributed by atoms with Gasteiger partial charge in [-0.25, -0.2) is 4.98 Å². The van der Waals surface area contributed by atoms with E-state index in [-0.39, 0.29) is 17.9 Å². The minimum Gasteiger partial charge on any atom is -0.436 e. The first kappa shape index (κ1) is 18.4. The van der Waals surface area contributed by atoms with E-state index in [1.807, 2.05) is 25.1 Å². The number of rotatable bonds is 3. The van der Waals surface area contributed by atoms with E-state index in [4.69, 9.17) is 4.42 Å². The average Bonchev–Trinajstić information content (AvgIpc) is 3.28. The molecule has 7 nitrogen and oxygen atoms in total. The molecule has 3 N–H and O–H groups in total. The van der Waals surface area contributed by atoms with Gasteiger partial charge in [-0.2, -0.15) is 0 Å². The van der Waals surface area contributed by atoms with E-state index < -0.39 is 0 Å². The van der Waals surface area contributed by atoms with Gasteiger partial charge in [-0.05, 0) is 49.4 Å². The fraction of sp³-hybridized carbons (Fsp3) is 0.136. The predicted molar refractivity (Wildman–Crippen MR) is 119 cm³/mol. The number of amides is 2. The number of aromatic nitrogens is 1. The summed E-state index contributed by atoms with van der Waals surface area (Å²) in [5, 5.41) is 10.1. The maximum atomic E-state index is 12.5. The van der Waals surface area contributed by atoms with Crippen LogP contribution in [0.4, 0.5) is 11.4 Å². The molecule has 8 heteroatoms. The van der Waals surface area contributed by atoms with Crippen LogP contribution in [-0.2, 0) is 4.79 Å². The van der Waals surface area contributed by atoms with Gasteiger partial charge >= 0.3 is 0 Å². The zero-order chi connectivity index (χ0) is 20.8. The summed E-state index contributed by atoms with van der Waals surface area (Å²) in [6.45, 7) is 6.09. The van der Waals surface area contributed by atoms with Gasteiger partial charge in [0.25, 0.3) is 5.91 Å². The van der Waals surface area contributed by atoms with E-state index in [2.05, 4.69) is 27.5 Å². The van der Waals surface area contributed by atoms with E-state index in [1.165, 1.54) is 17.4 Å². The Balaban J connectivity index is 1.56. The highest BCUT2D eigenvalue weighted by Crippen LogP contribution is 2.39. The standard InChI is InChI=1S/C22H18N4O3S/c1-3-18(27)25-13-5-6-16-15(9-13)26-22(29-16)12-4-7-17-14(8-12)19-20(30-17)21(28)24-11(2)10-23-19/h3-9,11,23H,1,10H2,2H3,(H,24,28)(H,25,27)/t11-/m1/s1. The van der Waals surface area contributed by atoms with E-state index in [9.17, 15) is 9.59 Å². The Morgan fingerprint density at radius 1 is 1.33 bits per heavy atom. The van der Waals surface area contributed by atoms with Crippen molar-refractivity contribution in [3.8, 4) is 11.5 Å². The number of nitrogens with zero attached hydrogens (tertiary/aromatic N) is 1. The number of thiophene rings is 1. The number of fused-ring (bicyclic) bond motifs is 4. The third-order valence-electron chi connectivity index (χ3n) is 4.94. The fourth-order valence-electron chi connectivity index (χ4n) is 3.48. The van der Waals surface area contributed by atoms with Crippen LogP contribution in [0.2, 0.25) is 0 Å². The molecule has 0 aliphatic carbocycles. The molecule has 5 rings (SSSR count). The summed E-state index contributed by atoms with van der Waals surface area (Å²) in [6, 6.07) is 11.2. The molecule has 2 amide bonds. The van der Waals surface area contributed by atoms with Crippen LogP contribution in [0.5, 0.6) is 0 Å². The van der Waals surface area contributed by atoms with Gasteiger partial charge in [0.2, 0.25) is 11.8 Å². The molecule has 4 aromatic rings. The zero-order valence-corrected chi connectivity index (χ0v) is 16.9. The second kappa shape index (κ2) is 7.00. The zero-order valence-electron chi connectivity index (χ0n) is 16.1. The van der Waals surface area contributed by atoms with Crippen LogP contribution < -0.4 is 16.0 Å². The van der Waals surface area contributed by atoms with Gasteiger partial charge in [0.1, 0.15) is 10.4 Å². The molecular formula is C22H18N4O3S. The molecule has 0 saturated heterocycles. The predicted octanol–water partition coefficient (Wildman–Crippen LogP) is 4.38. The van der Waals surface area contributed by atoms with Gasteiger partial charge in [0, 0.05) is 33.9 Å². The number of hydrogen-bond acceptors (Lipinski definition) is 6. The maximum absolute atomic E-state index is 12.5. The van der Waals surface area contributed by atoms with Crippen molar-refractivity contribution in [2.24, 2.45) is 0 Å². The number of anilines is 2. The van der Waals surface area contributed by atoms with E-state index in [0.29, 0.717) is 34.1 Å². The smallest absolute Gasteiger partial charge is 0.263 e. The first-order chi connectivity index (χ1) is 14.5. The van der Waals surface area contributed by atoms with E-state index in [0.717, 1.165) is 21.3 Å². The van der Waals surface area contributed by atoms with Crippen LogP contribution in [0.3, 0.4) is 0 Å². The average molecular weight is 418 g/mol. The van der Waals surface area contributed by atoms with E-state index in [1.54, 1.807) is 18.2 Å². The molecule has 2 aromatic carbocycles. The molecule has 0 bridgehead atoms. The Morgan fingerprint density at radius 2 is 2.20 bits per heavy atom. The van der Waals surface area contributed by atoms with Crippen molar-refractivity contribution in [3.63, 3.8) is 0 Å². The van der Waals surface area contributed by atoms with Crippen molar-refractivity contribution in [2.75, 3.05) is 17.2 Å². The quantitative estimate of drug-likeness (QED) is 0.429. The lowest BCUT2D eigenvalue weighted by Gasteiger charge is -2.09. The fourth-order valence-corrected chi connectivity index (χ4v) is 4.55. The summed E-state index contributed by atoms with van der Waals surface area (Å²) in [5.41, 5.74) is 3.55. The second-order valence-electron chi connectivity index (χ2n) is 7.17. The van der Waals surface area contributed by atoms with Gasteiger partial charge in [-0.1, -0.05) is 6.58 Å². The van der Waals surface area contributed by atoms with Crippen LogP contribution in [0.1, 0.15) is 16.6 Å². The molecule has 0 fully saturated rings. The summed E-state index contributed by atoms with van der Waals surface area (Å²) < 4.78 is 6.95. The van der Waals surface area contributed by atoms with Crippen LogP contribution in [-0.4, -0.2) is 29.4 Å². The summed E-state index contributed by atoms with van der Waals surface area (Å²) in [6.07, 6.45) is 1.21. The Hall–Kier alpha value is -3.65. The van der Waals surface area contributed by atoms with Crippen LogP contribution in [0, 0.1) is 0 Å². The molecule has 0 saturated carbocycles. The molecule has 1 aliphatic rings. The number of nitrogens with one attached hydrogen (secondary N) is 3. The van der Waals surface area contributed by atoms with Crippen molar-refractivity contribution in [1.82, 2.24) is 10.3 Å². The van der Waals surface area contributed by atoms with Crippen LogP contribution in [0.15, 0.2) is 53.5 Å². The normalized spacial score (nSPS) is 15.9. The third-order valence-corrected chi connectivity index (χ3v) is 6.11. The van der Waals surface area contributed by atoms with Gasteiger partial charge < -0.3 is 20.4 Å². The van der Waals surface area contributed by atoms with Crippen LogP contribution >= 0.6 is 11.3 Å². The number of oxazole rings is 1. The van der Waals surface area contributed by atoms with Crippen LogP contribution in [0.25, 0.3) is 32.6 Å². The SMILES string of the molecule is C=CC(=O)Nc1ccc2oc(-c3ccc4sc5c(c4c3)NC[C@@H](C)NC5=O)nc2c1. The molecule has 1 aliphatic heterocycles. The van der Waals surface area contributed by atoms with Gasteiger partial charge in [0.05, 0.1) is 5.69 Å². The molecule has 2 aromatic heterocycles. The van der Waals surface area contributed by atoms with Gasteiger partial charge in [-0.15, -0.1) is 11.3 Å². The van der Waals surface area contributed by atoms with Crippen molar-refractivity contribution < 1.29 is 14.0 Å². The lowest BCUT2D eigenvalue weighted by atomic mass is 10.1. The molecule has 0 unspecified atom stereocenters. The number of carbonyl (C=O) groups excluding carboxylic acids is 2. The lowest BCUT2D eigenvalue weighted by molar-refractivity contribution is -0.111. The monoisotopic (exact) mass is 418 g/mol. The summed E-state index contributed by atoms with van der Waals surface area (Å²) in [5.74, 6) is 0.138. The molecule has 150 valence electrons. The summed E-state index contributed by atoms with van der Waals surface area (Å²) in [7, 11) is 0. The number of carbonyl (C=O) groups is 2. The number of benzene rings is 2. The Kier molecular flexibility index (Phi) is 4.29. The minimum absolute atomic E-state index is 0.0544. The molecule has 1 atom stereocenters. The summed E-state index contributed by atoms with van der Waals surface area (Å²) in [4.78, 5) is 29.3. The second-order valence-corrected chi connectivity index (χ2v) is 8.22. The Labute approximate surface area is 175 Å². The molecular weight excluding hydrogens is 400 g/mol. The third kappa shape index (κ3) is 3.11. The first-order valence-corrected chi connectivity index (χ1v) is 10.3. The maximum Gasteiger partial charge on any atom is 0.263 e. The van der Waals surface area contributed by atoms with Crippen molar-refractivity contribution >= 4 is 55.7 Å². The Bertz CT molecular complexity index is 1340. The van der Waals surface area contributed by atoms with Crippen molar-refractivity contribution in [1.29, 1.82) is 0 Å². The molecule has 30 heavy (non-hydrogen) atoms. The highest BCUT2D eigenvalue weighted by molar-refractivity contribution is 7.21. The lowest BCUT2D eigenvalue weighted by Crippen LogP contribution is -2.34. The van der Waals surface area contributed by atoms with E-state index >= 15 is 0 Å². The van der Waals surface area contributed by atoms with Crippen molar-refractivity contribution in [2.45, 2.75) is 13.0 Å². The van der Waals surface area contributed by atoms with Gasteiger partial charge in [-0.3, -0.25) is 9.59 Å². The highest BCUT2D eigenvalue weighted by atomic mass is 32.1. The number of hydrogen-bond donors (Lipinski definition) is 3. The first-order valence-electron chi connectivity index (χ1n) is 9.47. The molecule has 0 spiro atoms. The van der Waals surface area contributed by atoms with Gasteiger partial charge in [0.15, 0.2) is 5.58 Å². The topological polar surface area (TPSA) is 96.3 Å². The largest absolute Gasteiger partial charge is 0.436 e. The highest BCUT2D eigenvalue weighted by Gasteiger charge is 2.24.